The lowest BCUT2D eigenvalue weighted by atomic mass is 10.00. The van der Waals surface area contributed by atoms with E-state index in [1.54, 1.807) is 55.8 Å². The van der Waals surface area contributed by atoms with Crippen LogP contribution in [-0.4, -0.2) is 321 Å². The standard InChI is InChI=1S/C93H134N26O20S2/c1-9-11-24-70-85(132)107-62(23-17-34-100-93(97)98)81(128)104-56(42-76(123)102-46-77(124)105-61(79(96)126)33-35-103-114-99)49-140-50-78(125)106-65(39-53-29-31-57(121)32-30-53)88(135)115(6)52(5)80(127)109-67(43-75(95)122)91(138)119-37-19-27-72(119)87(134)112-68(44-94)83(130)110-64(38-51(3)4)90(137)118-36-18-26-71(118)86(133)108-63(40-54-45-101-60-22-15-13-20-58(54)60)82(129)113-69(47-120)84(131)111-66(41-55-48-141-74-28-16-14-21-59(55)74)89(136)117(8)73(25-12-10-2)92(139)116(70)7/h13-16,20-22,28-32,45,48,51-52,56,61-73,101,120-121H,9-12,17-19,23-27,33-44,46-47,49-50,94H2,1-8H3,(H2,95,122)(H2,96,126)(H,102,123)(H,104,128)(H,105,124)(H,106,125)(H,107,132)(H,108,133)(H,109,127)(H,110,130)(H,111,131)(H,112,134)(H,113,129)(H4,97,98,100)/t52-,56+,61-,62-,63-,64-,65-,66-,67-,68-,69-,70-,71-,72-,73-/m0/s1. The monoisotopic (exact) mass is 2000 g/mol. The van der Waals surface area contributed by atoms with E-state index in [2.05, 4.69) is 78.8 Å². The van der Waals surface area contributed by atoms with Gasteiger partial charge in [-0.25, -0.2) is 0 Å². The zero-order valence-corrected chi connectivity index (χ0v) is 82.2. The van der Waals surface area contributed by atoms with Crippen LogP contribution in [0, 0.1) is 11.3 Å². The van der Waals surface area contributed by atoms with Crippen LogP contribution in [0.2, 0.25) is 0 Å². The van der Waals surface area contributed by atoms with Gasteiger partial charge in [-0.3, -0.25) is 91.7 Å². The second-order valence-corrected chi connectivity index (χ2v) is 37.8. The van der Waals surface area contributed by atoms with Gasteiger partial charge < -0.3 is 126 Å². The Labute approximate surface area is 824 Å². The summed E-state index contributed by atoms with van der Waals surface area (Å²) in [5.41, 5.74) is 34.1. The zero-order valence-electron chi connectivity index (χ0n) is 80.6. The second kappa shape index (κ2) is 55.3. The first-order valence-electron chi connectivity index (χ1n) is 47.2. The van der Waals surface area contributed by atoms with Gasteiger partial charge in [0.25, 0.3) is 0 Å². The highest BCUT2D eigenvalue weighted by molar-refractivity contribution is 8.00. The molecule has 0 spiro atoms. The molecule has 3 aliphatic rings. The number of carbonyl (C=O) groups excluding carboxylic acids is 18. The summed E-state index contributed by atoms with van der Waals surface area (Å²) in [6.07, 6.45) is 1.05. The van der Waals surface area contributed by atoms with Crippen molar-refractivity contribution in [2.75, 3.05) is 78.5 Å². The molecule has 0 bridgehead atoms. The second-order valence-electron chi connectivity index (χ2n) is 35.8. The minimum Gasteiger partial charge on any atom is -0.508 e. The van der Waals surface area contributed by atoms with Gasteiger partial charge in [0, 0.05) is 118 Å². The lowest BCUT2D eigenvalue weighted by molar-refractivity contribution is -0.149. The van der Waals surface area contributed by atoms with Crippen LogP contribution < -0.4 is 86.7 Å². The molecule has 18 amide bonds. The number of azide groups is 1. The van der Waals surface area contributed by atoms with Crippen molar-refractivity contribution in [1.82, 2.24) is 93.3 Å². The van der Waals surface area contributed by atoms with Gasteiger partial charge >= 0.3 is 0 Å². The number of hydrogen-bond donors (Lipinski definition) is 20. The molecule has 0 aliphatic carbocycles. The van der Waals surface area contributed by atoms with Crippen LogP contribution in [0.15, 0.2) is 89.5 Å². The molecule has 768 valence electrons. The summed E-state index contributed by atoms with van der Waals surface area (Å²) in [6.45, 7) is 5.70. The topological polar surface area (TPSA) is 701 Å². The molecule has 46 nitrogen and oxygen atoms in total. The van der Waals surface area contributed by atoms with Gasteiger partial charge in [0.1, 0.15) is 90.3 Å². The number of H-pyrrole nitrogens is 1. The van der Waals surface area contributed by atoms with Gasteiger partial charge in [0.15, 0.2) is 5.96 Å². The number of aromatic hydroxyl groups is 1. The van der Waals surface area contributed by atoms with Gasteiger partial charge in [-0.05, 0) is 134 Å². The summed E-state index contributed by atoms with van der Waals surface area (Å²) in [5, 5.41) is 67.6. The van der Waals surface area contributed by atoms with E-state index in [-0.39, 0.29) is 127 Å². The van der Waals surface area contributed by atoms with Crippen LogP contribution in [0.25, 0.3) is 31.4 Å². The number of para-hydroxylation sites is 1. The van der Waals surface area contributed by atoms with Crippen molar-refractivity contribution in [3.8, 4) is 5.75 Å². The number of nitrogens with zero attached hydrogens (tertiary/aromatic N) is 8. The normalized spacial score (nSPS) is 23.8. The molecule has 24 N–H and O–H groups in total. The van der Waals surface area contributed by atoms with E-state index in [9.17, 15) is 58.2 Å². The first kappa shape index (κ1) is 113. The molecule has 0 unspecified atom stereocenters. The lowest BCUT2D eigenvalue weighted by Crippen LogP contribution is -2.62. The number of likely N-dealkylation sites (N-methyl/N-ethyl adjacent to an activating group) is 3. The Morgan fingerprint density at radius 2 is 1.13 bits per heavy atom. The Balaban J connectivity index is 1.19. The summed E-state index contributed by atoms with van der Waals surface area (Å²) in [5.74, 6) is -18.2. The first-order chi connectivity index (χ1) is 67.2. The number of thioether (sulfide) groups is 1. The average Bonchev–Trinajstić information content (AvgIpc) is 1.71. The molecule has 3 aliphatic heterocycles. The van der Waals surface area contributed by atoms with E-state index in [0.29, 0.717) is 58.7 Å². The fourth-order valence-corrected chi connectivity index (χ4v) is 18.9. The Morgan fingerprint density at radius 1 is 0.582 bits per heavy atom. The maximum absolute atomic E-state index is 15.8. The van der Waals surface area contributed by atoms with Crippen LogP contribution in [0.1, 0.15) is 154 Å². The number of benzene rings is 3. The number of unbranched alkanes of at least 4 members (excludes halogenated alkanes) is 2. The van der Waals surface area contributed by atoms with Crippen LogP contribution in [-0.2, 0) is 106 Å². The Bertz CT molecular complexity index is 5330. The maximum atomic E-state index is 15.8. The Kier molecular flexibility index (Phi) is 44.2. The van der Waals surface area contributed by atoms with E-state index in [0.717, 1.165) is 36.1 Å². The number of aliphatic hydroxyl groups excluding tert-OH is 1. The molecule has 0 saturated carbocycles. The summed E-state index contributed by atoms with van der Waals surface area (Å²) in [4.78, 5) is 275. The molecular formula is C93H134N26O20S2. The number of nitrogens with one attached hydrogen (secondary N) is 14. The molecular weight excluding hydrogens is 1870 g/mol. The number of hydrogen-bond acceptors (Lipinski definition) is 25. The number of aromatic amines is 1. The predicted molar refractivity (Wildman–Crippen MR) is 524 cm³/mol. The van der Waals surface area contributed by atoms with Crippen molar-refractivity contribution < 1.29 is 96.5 Å². The Hall–Kier alpha value is -13.7. The highest BCUT2D eigenvalue weighted by Crippen LogP contribution is 2.30. The summed E-state index contributed by atoms with van der Waals surface area (Å²) >= 11 is 2.17. The third-order valence-corrected chi connectivity index (χ3v) is 27.0. The predicted octanol–water partition coefficient (Wildman–Crippen LogP) is -1.60. The number of phenolic OH excluding ortho intramolecular Hbond substituents is 1. The first-order valence-corrected chi connectivity index (χ1v) is 49.3. The number of rotatable bonds is 31. The number of nitrogens with two attached hydrogens (primary N) is 4. The molecule has 141 heavy (non-hydrogen) atoms. The summed E-state index contributed by atoms with van der Waals surface area (Å²) in [7, 11) is 3.92. The largest absolute Gasteiger partial charge is 0.508 e. The van der Waals surface area contributed by atoms with Crippen LogP contribution in [0.4, 0.5) is 0 Å². The highest BCUT2D eigenvalue weighted by atomic mass is 32.2. The number of primary amides is 2. The van der Waals surface area contributed by atoms with E-state index in [4.69, 9.17) is 33.9 Å². The molecule has 3 aromatic carbocycles. The average molecular weight is 2000 g/mol. The van der Waals surface area contributed by atoms with Crippen LogP contribution in [0.3, 0.4) is 0 Å². The fraction of sp³-hybridized carbons (Fsp3) is 0.559. The number of thiophene rings is 1. The zero-order chi connectivity index (χ0) is 103. The van der Waals surface area contributed by atoms with Crippen molar-refractivity contribution >= 4 is 156 Å². The van der Waals surface area contributed by atoms with Crippen molar-refractivity contribution in [3.63, 3.8) is 0 Å². The molecule has 5 heterocycles. The van der Waals surface area contributed by atoms with Crippen molar-refractivity contribution in [2.45, 2.75) is 247 Å². The van der Waals surface area contributed by atoms with Gasteiger partial charge in [-0.2, -0.15) is 0 Å². The van der Waals surface area contributed by atoms with Crippen molar-refractivity contribution in [3.05, 3.63) is 112 Å². The molecule has 5 aromatic rings. The van der Waals surface area contributed by atoms with Gasteiger partial charge in [-0.15, -0.1) is 23.1 Å². The molecule has 0 radical (unpaired) electrons. The summed E-state index contributed by atoms with van der Waals surface area (Å²) < 4.78 is 0.813. The number of fused-ring (bicyclic) bond motifs is 4. The quantitative estimate of drug-likeness (QED) is 0.00593. The molecule has 15 atom stereocenters. The van der Waals surface area contributed by atoms with E-state index >= 15 is 38.4 Å². The van der Waals surface area contributed by atoms with E-state index < -0.39 is 241 Å². The number of carbonyl (C=O) groups is 18. The maximum Gasteiger partial charge on any atom is 0.246 e. The number of phenols is 1. The van der Waals surface area contributed by atoms with Crippen LogP contribution >= 0.6 is 23.1 Å². The van der Waals surface area contributed by atoms with E-state index in [1.165, 1.54) is 68.6 Å². The number of guanidine groups is 1. The lowest BCUT2D eigenvalue weighted by Gasteiger charge is -2.36. The minimum atomic E-state index is -1.85. The smallest absolute Gasteiger partial charge is 0.246 e. The van der Waals surface area contributed by atoms with Gasteiger partial charge in [0.05, 0.1) is 25.3 Å². The molecule has 48 heteroatoms. The molecule has 3 fully saturated rings. The summed E-state index contributed by atoms with van der Waals surface area (Å²) in [6, 6.07) is -2.49. The van der Waals surface area contributed by atoms with Crippen LogP contribution in [0.5, 0.6) is 5.75 Å². The number of aliphatic hydroxyl groups is 1. The SMILES string of the molecule is CCCC[C@H]1C(=O)N(C)[C@@H](CCCC)C(=O)N[C@@H](CCCNC(=N)N)C(=O)N[C@H](CC(=O)NCC(=O)N[C@@H](CCN=[N+]=[N-])C(N)=O)CSCC(=O)N[C@@H](Cc2ccc(O)cc2)C(=O)N(C)[C@@H](C)C(=O)N[C@@H](CC(N)=O)C(=O)N2CCC[C@H]2C(=O)N[C@@H](CN)C(=O)N[C@@H](CC(C)C)C(=O)N2CCC[C@H]2C(=O)N[C@@H](Cc2c[nH]c3ccccc23)C(=O)N[C@@H](CO)C(=O)N[C@@H](Cc2csc3ccccc23)C(=O)N1C. The minimum absolute atomic E-state index is 0.00753. The third-order valence-electron chi connectivity index (χ3n) is 24.9. The molecule has 3 saturated heterocycles. The fourth-order valence-electron chi connectivity index (χ4n) is 17.0. The Morgan fingerprint density at radius 3 is 1.76 bits per heavy atom. The number of amides is 18. The number of aromatic nitrogens is 1. The third kappa shape index (κ3) is 33.0. The van der Waals surface area contributed by atoms with Crippen molar-refractivity contribution in [1.29, 1.82) is 5.41 Å². The van der Waals surface area contributed by atoms with Gasteiger partial charge in [-0.1, -0.05) is 107 Å². The van der Waals surface area contributed by atoms with Gasteiger partial charge in [0.2, 0.25) is 106 Å². The molecule has 8 rings (SSSR count). The van der Waals surface area contributed by atoms with Crippen molar-refractivity contribution in [2.24, 2.45) is 34.0 Å². The highest BCUT2D eigenvalue weighted by Gasteiger charge is 2.46. The van der Waals surface area contributed by atoms with E-state index in [1.807, 2.05) is 32.0 Å². The molecule has 2 aromatic heterocycles.